The first kappa shape index (κ1) is 17.0. The molecule has 9 heteroatoms. The lowest BCUT2D eigenvalue weighted by Gasteiger charge is -2.34. The zero-order valence-electron chi connectivity index (χ0n) is 13.7. The molecule has 0 aliphatic carbocycles. The minimum absolute atomic E-state index is 0.0527. The summed E-state index contributed by atoms with van der Waals surface area (Å²) in [6.07, 6.45) is 2.36. The van der Waals surface area contributed by atoms with Gasteiger partial charge in [0.15, 0.2) is 0 Å². The van der Waals surface area contributed by atoms with Crippen LogP contribution in [0.1, 0.15) is 12.0 Å². The number of benzene rings is 1. The molecule has 1 aliphatic rings. The summed E-state index contributed by atoms with van der Waals surface area (Å²) in [5, 5.41) is 10.7. The van der Waals surface area contributed by atoms with Crippen LogP contribution in [0.15, 0.2) is 30.6 Å². The molecule has 1 aromatic heterocycles. The Morgan fingerprint density at radius 3 is 2.24 bits per heavy atom. The molecule has 2 heterocycles. The maximum Gasteiger partial charge on any atom is 0.244 e. The number of tetrazole rings is 1. The Balaban J connectivity index is 1.42. The van der Waals surface area contributed by atoms with E-state index in [4.69, 9.17) is 0 Å². The lowest BCUT2D eigenvalue weighted by Crippen LogP contribution is -2.51. The predicted octanol–water partition coefficient (Wildman–Crippen LogP) is 0.116. The normalized spacial score (nSPS) is 14.6. The van der Waals surface area contributed by atoms with E-state index in [-0.39, 0.29) is 24.2 Å². The molecule has 1 fully saturated rings. The average Bonchev–Trinajstić information content (AvgIpc) is 3.14. The first-order valence-electron chi connectivity index (χ1n) is 8.12. The smallest absolute Gasteiger partial charge is 0.244 e. The van der Waals surface area contributed by atoms with Gasteiger partial charge in [0.1, 0.15) is 18.7 Å². The molecule has 0 unspecified atom stereocenters. The van der Waals surface area contributed by atoms with Crippen LogP contribution in [0, 0.1) is 5.82 Å². The van der Waals surface area contributed by atoms with E-state index in [1.54, 1.807) is 21.9 Å². The number of rotatable bonds is 5. The Hall–Kier alpha value is -2.84. The summed E-state index contributed by atoms with van der Waals surface area (Å²) in [4.78, 5) is 27.9. The highest BCUT2D eigenvalue weighted by molar-refractivity contribution is 5.78. The Kier molecular flexibility index (Phi) is 5.32. The van der Waals surface area contributed by atoms with Crippen molar-refractivity contribution in [3.63, 3.8) is 0 Å². The maximum absolute atomic E-state index is 12.9. The number of hydrogen-bond acceptors (Lipinski definition) is 5. The second-order valence-corrected chi connectivity index (χ2v) is 5.90. The van der Waals surface area contributed by atoms with Gasteiger partial charge in [-0.25, -0.2) is 9.07 Å². The molecule has 2 amide bonds. The third-order valence-electron chi connectivity index (χ3n) is 4.21. The van der Waals surface area contributed by atoms with E-state index in [1.165, 1.54) is 23.1 Å². The zero-order valence-corrected chi connectivity index (χ0v) is 13.7. The van der Waals surface area contributed by atoms with Crippen LogP contribution < -0.4 is 0 Å². The van der Waals surface area contributed by atoms with Crippen molar-refractivity contribution in [3.8, 4) is 0 Å². The lowest BCUT2D eigenvalue weighted by molar-refractivity contribution is -0.140. The number of piperazine rings is 1. The van der Waals surface area contributed by atoms with Crippen molar-refractivity contribution in [2.45, 2.75) is 19.4 Å². The van der Waals surface area contributed by atoms with Gasteiger partial charge in [-0.15, -0.1) is 5.10 Å². The summed E-state index contributed by atoms with van der Waals surface area (Å²) in [7, 11) is 0. The summed E-state index contributed by atoms with van der Waals surface area (Å²) < 4.78 is 14.3. The van der Waals surface area contributed by atoms with Crippen molar-refractivity contribution in [2.24, 2.45) is 0 Å². The van der Waals surface area contributed by atoms with Crippen molar-refractivity contribution in [1.29, 1.82) is 0 Å². The number of halogens is 1. The molecule has 2 aromatic rings. The van der Waals surface area contributed by atoms with Gasteiger partial charge < -0.3 is 9.80 Å². The van der Waals surface area contributed by atoms with E-state index in [2.05, 4.69) is 15.5 Å². The van der Waals surface area contributed by atoms with Crippen LogP contribution in [-0.4, -0.2) is 68.0 Å². The van der Waals surface area contributed by atoms with Crippen LogP contribution in [0.4, 0.5) is 4.39 Å². The monoisotopic (exact) mass is 346 g/mol. The lowest BCUT2D eigenvalue weighted by atomic mass is 10.1. The van der Waals surface area contributed by atoms with Gasteiger partial charge in [0.25, 0.3) is 0 Å². The van der Waals surface area contributed by atoms with Crippen LogP contribution in [0.2, 0.25) is 0 Å². The van der Waals surface area contributed by atoms with Crippen LogP contribution in [0.3, 0.4) is 0 Å². The Morgan fingerprint density at radius 2 is 1.64 bits per heavy atom. The van der Waals surface area contributed by atoms with E-state index in [1.807, 2.05) is 0 Å². The summed E-state index contributed by atoms with van der Waals surface area (Å²) in [5.41, 5.74) is 0.935. The number of amides is 2. The van der Waals surface area contributed by atoms with Crippen LogP contribution in [-0.2, 0) is 22.6 Å². The number of aryl methyl sites for hydroxylation is 1. The molecule has 25 heavy (non-hydrogen) atoms. The van der Waals surface area contributed by atoms with E-state index < -0.39 is 0 Å². The third-order valence-corrected chi connectivity index (χ3v) is 4.21. The highest BCUT2D eigenvalue weighted by Gasteiger charge is 2.24. The molecular weight excluding hydrogens is 327 g/mol. The fourth-order valence-corrected chi connectivity index (χ4v) is 2.76. The van der Waals surface area contributed by atoms with Crippen molar-refractivity contribution in [2.75, 3.05) is 26.2 Å². The number of carbonyl (C=O) groups excluding carboxylic acids is 2. The molecule has 1 aliphatic heterocycles. The average molecular weight is 346 g/mol. The summed E-state index contributed by atoms with van der Waals surface area (Å²) in [5.74, 6) is -0.292. The van der Waals surface area contributed by atoms with Gasteiger partial charge in [0.2, 0.25) is 11.8 Å². The molecule has 0 atom stereocenters. The van der Waals surface area contributed by atoms with Gasteiger partial charge in [0.05, 0.1) is 0 Å². The molecule has 0 spiro atoms. The molecule has 132 valence electrons. The molecule has 0 radical (unpaired) electrons. The fourth-order valence-electron chi connectivity index (χ4n) is 2.76. The number of carbonyl (C=O) groups is 2. The number of nitrogens with zero attached hydrogens (tertiary/aromatic N) is 6. The summed E-state index contributed by atoms with van der Waals surface area (Å²) in [6.45, 7) is 2.14. The first-order chi connectivity index (χ1) is 12.1. The number of hydrogen-bond donors (Lipinski definition) is 0. The van der Waals surface area contributed by atoms with E-state index in [9.17, 15) is 14.0 Å². The van der Waals surface area contributed by atoms with Crippen LogP contribution in [0.5, 0.6) is 0 Å². The molecule has 1 saturated heterocycles. The van der Waals surface area contributed by atoms with Gasteiger partial charge in [-0.1, -0.05) is 12.1 Å². The van der Waals surface area contributed by atoms with Gasteiger partial charge >= 0.3 is 0 Å². The molecule has 3 rings (SSSR count). The minimum atomic E-state index is -0.280. The second kappa shape index (κ2) is 7.82. The van der Waals surface area contributed by atoms with E-state index in [0.29, 0.717) is 39.0 Å². The molecule has 1 aromatic carbocycles. The van der Waals surface area contributed by atoms with Gasteiger partial charge in [-0.05, 0) is 34.5 Å². The van der Waals surface area contributed by atoms with Gasteiger partial charge in [0, 0.05) is 32.6 Å². The van der Waals surface area contributed by atoms with Crippen molar-refractivity contribution in [1.82, 2.24) is 30.0 Å². The summed E-state index contributed by atoms with van der Waals surface area (Å²) >= 11 is 0. The van der Waals surface area contributed by atoms with E-state index in [0.717, 1.165) is 5.56 Å². The fraction of sp³-hybridized carbons (Fsp3) is 0.438. The van der Waals surface area contributed by atoms with Gasteiger partial charge in [-0.2, -0.15) is 0 Å². The highest BCUT2D eigenvalue weighted by Crippen LogP contribution is 2.09. The molecule has 0 N–H and O–H groups in total. The molecule has 0 bridgehead atoms. The molecule has 0 saturated carbocycles. The van der Waals surface area contributed by atoms with Crippen molar-refractivity contribution >= 4 is 11.8 Å². The third kappa shape index (κ3) is 4.59. The Morgan fingerprint density at radius 1 is 1.00 bits per heavy atom. The van der Waals surface area contributed by atoms with Crippen LogP contribution >= 0.6 is 0 Å². The minimum Gasteiger partial charge on any atom is -0.339 e. The topological polar surface area (TPSA) is 84.2 Å². The zero-order chi connectivity index (χ0) is 17.6. The molecule has 8 nitrogen and oxygen atoms in total. The Labute approximate surface area is 144 Å². The second-order valence-electron chi connectivity index (χ2n) is 5.90. The van der Waals surface area contributed by atoms with Crippen molar-refractivity contribution < 1.29 is 14.0 Å². The highest BCUT2D eigenvalue weighted by atomic mass is 19.1. The Bertz CT molecular complexity index is 711. The van der Waals surface area contributed by atoms with Gasteiger partial charge in [-0.3, -0.25) is 9.59 Å². The van der Waals surface area contributed by atoms with Crippen molar-refractivity contribution in [3.05, 3.63) is 42.0 Å². The van der Waals surface area contributed by atoms with E-state index >= 15 is 0 Å². The first-order valence-corrected chi connectivity index (χ1v) is 8.12. The maximum atomic E-state index is 12.9. The number of aromatic nitrogens is 4. The SMILES string of the molecule is O=C(CCc1ccc(F)cc1)N1CCN(C(=O)Cn2cnnn2)CC1. The largest absolute Gasteiger partial charge is 0.339 e. The molecular formula is C16H19FN6O2. The predicted molar refractivity (Wildman–Crippen MR) is 85.7 cm³/mol. The van der Waals surface area contributed by atoms with Crippen LogP contribution in [0.25, 0.3) is 0 Å². The summed E-state index contributed by atoms with van der Waals surface area (Å²) in [6, 6.07) is 6.18. The quantitative estimate of drug-likeness (QED) is 0.768. The standard InChI is InChI=1S/C16H19FN6O2/c17-14-4-1-13(2-5-14)3-6-15(24)21-7-9-22(10-8-21)16(25)11-23-12-18-19-20-23/h1-2,4-5,12H,3,6-11H2.